The van der Waals surface area contributed by atoms with Gasteiger partial charge in [0, 0.05) is 31.9 Å². The Hall–Kier alpha value is -2.90. The molecular formula is C21H28N6O2. The van der Waals surface area contributed by atoms with Gasteiger partial charge in [0.05, 0.1) is 12.6 Å². The van der Waals surface area contributed by atoms with Crippen molar-refractivity contribution in [3.8, 4) is 0 Å². The SMILES string of the molecule is Cc1cccc(N2CCN(C(=O)c3nnn4c3C(=O)N[C@@H](C(C)C)C4)CC2)c1C. The van der Waals surface area contributed by atoms with Crippen LogP contribution in [0.5, 0.6) is 0 Å². The van der Waals surface area contributed by atoms with Crippen molar-refractivity contribution >= 4 is 17.5 Å². The summed E-state index contributed by atoms with van der Waals surface area (Å²) in [6.45, 7) is 11.6. The average Bonchev–Trinajstić information content (AvgIpc) is 3.14. The van der Waals surface area contributed by atoms with Gasteiger partial charge in [-0.3, -0.25) is 9.59 Å². The van der Waals surface area contributed by atoms with Gasteiger partial charge in [-0.15, -0.1) is 5.10 Å². The van der Waals surface area contributed by atoms with Crippen LogP contribution in [0.15, 0.2) is 18.2 Å². The maximum atomic E-state index is 13.1. The summed E-state index contributed by atoms with van der Waals surface area (Å²) in [4.78, 5) is 29.7. The minimum absolute atomic E-state index is 0.000709. The molecular weight excluding hydrogens is 368 g/mol. The molecule has 1 aromatic heterocycles. The van der Waals surface area contributed by atoms with Crippen LogP contribution in [0.3, 0.4) is 0 Å². The van der Waals surface area contributed by atoms with Crippen LogP contribution in [-0.4, -0.2) is 63.9 Å². The molecule has 8 nitrogen and oxygen atoms in total. The van der Waals surface area contributed by atoms with E-state index in [1.807, 2.05) is 13.8 Å². The number of aromatic nitrogens is 3. The van der Waals surface area contributed by atoms with E-state index >= 15 is 0 Å². The lowest BCUT2D eigenvalue weighted by molar-refractivity contribution is 0.0730. The van der Waals surface area contributed by atoms with Crippen LogP contribution < -0.4 is 10.2 Å². The van der Waals surface area contributed by atoms with Crippen LogP contribution in [0.2, 0.25) is 0 Å². The minimum atomic E-state index is -0.266. The van der Waals surface area contributed by atoms with Gasteiger partial charge in [0.15, 0.2) is 11.4 Å². The lowest BCUT2D eigenvalue weighted by atomic mass is 10.0. The van der Waals surface area contributed by atoms with Crippen molar-refractivity contribution in [3.05, 3.63) is 40.7 Å². The molecule has 154 valence electrons. The maximum Gasteiger partial charge on any atom is 0.277 e. The Bertz CT molecular complexity index is 943. The van der Waals surface area contributed by atoms with Crippen LogP contribution in [0, 0.1) is 19.8 Å². The zero-order chi connectivity index (χ0) is 20.7. The van der Waals surface area contributed by atoms with Crippen molar-refractivity contribution in [2.24, 2.45) is 5.92 Å². The molecule has 4 rings (SSSR count). The van der Waals surface area contributed by atoms with E-state index < -0.39 is 0 Å². The Morgan fingerprint density at radius 1 is 1.17 bits per heavy atom. The fraction of sp³-hybridized carbons (Fsp3) is 0.524. The van der Waals surface area contributed by atoms with Crippen molar-refractivity contribution < 1.29 is 9.59 Å². The van der Waals surface area contributed by atoms with Crippen molar-refractivity contribution in [3.63, 3.8) is 0 Å². The summed E-state index contributed by atoms with van der Waals surface area (Å²) in [5, 5.41) is 11.1. The number of anilines is 1. The number of carbonyl (C=O) groups is 2. The summed E-state index contributed by atoms with van der Waals surface area (Å²) in [5.74, 6) is -0.198. The zero-order valence-corrected chi connectivity index (χ0v) is 17.5. The van der Waals surface area contributed by atoms with Gasteiger partial charge in [-0.2, -0.15) is 0 Å². The number of amides is 2. The third kappa shape index (κ3) is 3.47. The van der Waals surface area contributed by atoms with Crippen molar-refractivity contribution in [1.82, 2.24) is 25.2 Å². The Morgan fingerprint density at radius 3 is 2.59 bits per heavy atom. The Balaban J connectivity index is 1.47. The molecule has 0 bridgehead atoms. The Labute approximate surface area is 170 Å². The number of benzene rings is 1. The smallest absolute Gasteiger partial charge is 0.277 e. The van der Waals surface area contributed by atoms with Gasteiger partial charge >= 0.3 is 0 Å². The lowest BCUT2D eigenvalue weighted by Crippen LogP contribution is -2.50. The second-order valence-electron chi connectivity index (χ2n) is 8.29. The second-order valence-corrected chi connectivity index (χ2v) is 8.29. The summed E-state index contributed by atoms with van der Waals surface area (Å²) in [6.07, 6.45) is 0. The van der Waals surface area contributed by atoms with E-state index in [4.69, 9.17) is 0 Å². The van der Waals surface area contributed by atoms with Crippen LogP contribution in [0.4, 0.5) is 5.69 Å². The summed E-state index contributed by atoms with van der Waals surface area (Å²) in [7, 11) is 0. The molecule has 1 N–H and O–H groups in total. The van der Waals surface area contributed by atoms with E-state index in [1.54, 1.807) is 9.58 Å². The number of piperazine rings is 1. The maximum absolute atomic E-state index is 13.1. The number of rotatable bonds is 3. The zero-order valence-electron chi connectivity index (χ0n) is 17.5. The number of fused-ring (bicyclic) bond motifs is 1. The average molecular weight is 396 g/mol. The number of carbonyl (C=O) groups excluding carboxylic acids is 2. The molecule has 2 aromatic rings. The fourth-order valence-corrected chi connectivity index (χ4v) is 4.03. The first-order valence-electron chi connectivity index (χ1n) is 10.2. The van der Waals surface area contributed by atoms with E-state index in [0.29, 0.717) is 19.6 Å². The standard InChI is InChI=1S/C21H28N6O2/c1-13(2)16-12-27-19(20(28)22-16)18(23-24-27)21(29)26-10-8-25(9-11-26)17-7-5-6-14(3)15(17)4/h5-7,13,16H,8-12H2,1-4H3,(H,22,28)/t16-/m1/s1. The molecule has 1 fully saturated rings. The first-order chi connectivity index (χ1) is 13.9. The molecule has 0 spiro atoms. The molecule has 29 heavy (non-hydrogen) atoms. The Kier molecular flexibility index (Phi) is 5.02. The van der Waals surface area contributed by atoms with Gasteiger partial charge < -0.3 is 15.1 Å². The van der Waals surface area contributed by atoms with Crippen LogP contribution in [0.25, 0.3) is 0 Å². The second kappa shape index (κ2) is 7.50. The quantitative estimate of drug-likeness (QED) is 0.853. The van der Waals surface area contributed by atoms with Crippen LogP contribution in [-0.2, 0) is 6.54 Å². The van der Waals surface area contributed by atoms with E-state index in [9.17, 15) is 9.59 Å². The van der Waals surface area contributed by atoms with Crippen molar-refractivity contribution in [2.75, 3.05) is 31.1 Å². The van der Waals surface area contributed by atoms with Crippen molar-refractivity contribution in [2.45, 2.75) is 40.3 Å². The molecule has 1 atom stereocenters. The number of hydrogen-bond donors (Lipinski definition) is 1. The van der Waals surface area contributed by atoms with Gasteiger partial charge in [0.1, 0.15) is 0 Å². The summed E-state index contributed by atoms with van der Waals surface area (Å²) >= 11 is 0. The first-order valence-corrected chi connectivity index (χ1v) is 10.2. The Morgan fingerprint density at radius 2 is 1.90 bits per heavy atom. The summed E-state index contributed by atoms with van der Waals surface area (Å²) in [6, 6.07) is 6.31. The van der Waals surface area contributed by atoms with E-state index in [0.717, 1.165) is 13.1 Å². The van der Waals surface area contributed by atoms with Gasteiger partial charge in [-0.05, 0) is 37.0 Å². The third-order valence-corrected chi connectivity index (χ3v) is 6.13. The summed E-state index contributed by atoms with van der Waals surface area (Å²) in [5.41, 5.74) is 4.20. The largest absolute Gasteiger partial charge is 0.368 e. The molecule has 3 heterocycles. The lowest BCUT2D eigenvalue weighted by Gasteiger charge is -2.37. The molecule has 0 aliphatic carbocycles. The van der Waals surface area contributed by atoms with Gasteiger partial charge in [0.2, 0.25) is 0 Å². The topological polar surface area (TPSA) is 83.4 Å². The molecule has 2 amide bonds. The highest BCUT2D eigenvalue weighted by Gasteiger charge is 2.35. The number of aryl methyl sites for hydroxylation is 1. The first kappa shape index (κ1) is 19.4. The number of hydrogen-bond acceptors (Lipinski definition) is 5. The number of nitrogens with zero attached hydrogens (tertiary/aromatic N) is 5. The molecule has 8 heteroatoms. The monoisotopic (exact) mass is 396 g/mol. The predicted octanol–water partition coefficient (Wildman–Crippen LogP) is 1.63. The molecule has 1 aromatic carbocycles. The molecule has 2 aliphatic rings. The molecule has 0 radical (unpaired) electrons. The molecule has 2 aliphatic heterocycles. The third-order valence-electron chi connectivity index (χ3n) is 6.13. The molecule has 0 unspecified atom stereocenters. The van der Waals surface area contributed by atoms with Gasteiger partial charge in [-0.25, -0.2) is 4.68 Å². The van der Waals surface area contributed by atoms with Crippen LogP contribution >= 0.6 is 0 Å². The van der Waals surface area contributed by atoms with Crippen LogP contribution in [0.1, 0.15) is 46.0 Å². The normalized spacial score (nSPS) is 19.3. The molecule has 1 saturated heterocycles. The van der Waals surface area contributed by atoms with Gasteiger partial charge in [0.25, 0.3) is 11.8 Å². The van der Waals surface area contributed by atoms with E-state index in [2.05, 4.69) is 52.6 Å². The highest BCUT2D eigenvalue weighted by atomic mass is 16.2. The van der Waals surface area contributed by atoms with E-state index in [-0.39, 0.29) is 35.2 Å². The van der Waals surface area contributed by atoms with Gasteiger partial charge in [-0.1, -0.05) is 31.2 Å². The number of nitrogens with one attached hydrogen (secondary N) is 1. The van der Waals surface area contributed by atoms with E-state index in [1.165, 1.54) is 16.8 Å². The highest BCUT2D eigenvalue weighted by molar-refractivity contribution is 6.05. The van der Waals surface area contributed by atoms with Crippen molar-refractivity contribution in [1.29, 1.82) is 0 Å². The highest BCUT2D eigenvalue weighted by Crippen LogP contribution is 2.24. The summed E-state index contributed by atoms with van der Waals surface area (Å²) < 4.78 is 1.57. The minimum Gasteiger partial charge on any atom is -0.368 e. The molecule has 0 saturated carbocycles. The predicted molar refractivity (Wildman–Crippen MR) is 110 cm³/mol. The fourth-order valence-electron chi connectivity index (χ4n) is 4.03.